The van der Waals surface area contributed by atoms with E-state index in [-0.39, 0.29) is 0 Å². The Morgan fingerprint density at radius 3 is 2.50 bits per heavy atom. The lowest BCUT2D eigenvalue weighted by atomic mass is 9.99. The van der Waals surface area contributed by atoms with Crippen LogP contribution < -0.4 is 5.73 Å². The Bertz CT molecular complexity index is 847. The molecule has 1 fully saturated rings. The van der Waals surface area contributed by atoms with Gasteiger partial charge >= 0.3 is 0 Å². The lowest BCUT2D eigenvalue weighted by molar-refractivity contribution is -0.301. The number of aliphatic hydroxyl groups excluding tert-OH is 4. The van der Waals surface area contributed by atoms with Crippen LogP contribution in [0, 0.1) is 0 Å². The molecular weight excluding hydrogens is 418 g/mol. The molecule has 0 saturated carbocycles. The minimum absolute atomic E-state index is 0.364. The smallest absolute Gasteiger partial charge is 0.254 e. The standard InChI is InChI=1S/C21H35N5O6/c1-2-14-13(19(22)26-21(25-14)23-12-24-26)9-7-5-3-4-6-8-10-31-20-18(30)17(29)16(28)15(11-27)32-20/h12,15-18,20,27-30H,2-11,22H2,1H3/t15-,16-,17+,18-,20-/m1/s1. The van der Waals surface area contributed by atoms with Crippen molar-refractivity contribution in [2.24, 2.45) is 0 Å². The number of nitrogens with two attached hydrogens (primary N) is 1. The van der Waals surface area contributed by atoms with Crippen molar-refractivity contribution in [2.75, 3.05) is 18.9 Å². The Hall–Kier alpha value is -1.89. The van der Waals surface area contributed by atoms with Crippen LogP contribution >= 0.6 is 0 Å². The van der Waals surface area contributed by atoms with Gasteiger partial charge in [0.05, 0.1) is 12.3 Å². The summed E-state index contributed by atoms with van der Waals surface area (Å²) in [5.74, 6) is 1.16. The summed E-state index contributed by atoms with van der Waals surface area (Å²) in [7, 11) is 0. The quantitative estimate of drug-likeness (QED) is 0.275. The molecule has 0 unspecified atom stereocenters. The molecule has 0 bridgehead atoms. The highest BCUT2D eigenvalue weighted by Crippen LogP contribution is 2.23. The molecule has 3 heterocycles. The van der Waals surface area contributed by atoms with E-state index in [1.165, 1.54) is 6.33 Å². The van der Waals surface area contributed by atoms with Crippen LogP contribution in [0.5, 0.6) is 0 Å². The molecule has 11 nitrogen and oxygen atoms in total. The van der Waals surface area contributed by atoms with Crippen LogP contribution in [0.1, 0.15) is 56.7 Å². The summed E-state index contributed by atoms with van der Waals surface area (Å²) in [6.45, 7) is 1.96. The molecule has 5 atom stereocenters. The van der Waals surface area contributed by atoms with Gasteiger partial charge in [0.2, 0.25) is 0 Å². The Balaban J connectivity index is 1.31. The molecule has 0 radical (unpaired) electrons. The third-order valence-corrected chi connectivity index (χ3v) is 5.94. The molecule has 6 N–H and O–H groups in total. The zero-order chi connectivity index (χ0) is 23.1. The number of aryl methyl sites for hydroxylation is 1. The summed E-state index contributed by atoms with van der Waals surface area (Å²) in [4.78, 5) is 8.67. The summed E-state index contributed by atoms with van der Waals surface area (Å²) in [6, 6.07) is 0. The number of ether oxygens (including phenoxy) is 2. The highest BCUT2D eigenvalue weighted by atomic mass is 16.7. The van der Waals surface area contributed by atoms with Crippen molar-refractivity contribution >= 4 is 11.6 Å². The van der Waals surface area contributed by atoms with Crippen molar-refractivity contribution in [1.29, 1.82) is 0 Å². The van der Waals surface area contributed by atoms with Crippen molar-refractivity contribution in [3.05, 3.63) is 17.6 Å². The molecular formula is C21H35N5O6. The number of hydrogen-bond acceptors (Lipinski definition) is 10. The van der Waals surface area contributed by atoms with Crippen molar-refractivity contribution in [3.8, 4) is 0 Å². The molecule has 3 rings (SSSR count). The first-order valence-electron chi connectivity index (χ1n) is 11.4. The monoisotopic (exact) mass is 453 g/mol. The summed E-state index contributed by atoms with van der Waals surface area (Å²) in [5.41, 5.74) is 8.31. The maximum Gasteiger partial charge on any atom is 0.254 e. The van der Waals surface area contributed by atoms with Crippen molar-refractivity contribution in [1.82, 2.24) is 19.6 Å². The second-order valence-electron chi connectivity index (χ2n) is 8.19. The van der Waals surface area contributed by atoms with E-state index >= 15 is 0 Å². The number of hydrogen-bond donors (Lipinski definition) is 5. The van der Waals surface area contributed by atoms with Crippen LogP contribution in [0.4, 0.5) is 5.82 Å². The Morgan fingerprint density at radius 1 is 1.06 bits per heavy atom. The topological polar surface area (TPSA) is 168 Å². The molecule has 1 aliphatic heterocycles. The van der Waals surface area contributed by atoms with Crippen molar-refractivity contribution < 1.29 is 29.9 Å². The van der Waals surface area contributed by atoms with E-state index in [9.17, 15) is 20.4 Å². The molecule has 32 heavy (non-hydrogen) atoms. The Kier molecular flexibility index (Phi) is 9.14. The molecule has 0 amide bonds. The fourth-order valence-electron chi connectivity index (χ4n) is 4.03. The van der Waals surface area contributed by atoms with Crippen LogP contribution in [0.2, 0.25) is 0 Å². The highest BCUT2D eigenvalue weighted by Gasteiger charge is 2.43. The van der Waals surface area contributed by atoms with Gasteiger partial charge in [-0.3, -0.25) is 0 Å². The minimum Gasteiger partial charge on any atom is -0.394 e. The Labute approximate surface area is 187 Å². The fourth-order valence-corrected chi connectivity index (χ4v) is 4.03. The third-order valence-electron chi connectivity index (χ3n) is 5.94. The Morgan fingerprint density at radius 2 is 1.78 bits per heavy atom. The van der Waals surface area contributed by atoms with Gasteiger partial charge in [0.25, 0.3) is 5.78 Å². The van der Waals surface area contributed by atoms with Crippen LogP contribution in [-0.2, 0) is 22.3 Å². The minimum atomic E-state index is -1.41. The van der Waals surface area contributed by atoms with Crippen molar-refractivity contribution in [2.45, 2.75) is 89.0 Å². The van der Waals surface area contributed by atoms with Crippen molar-refractivity contribution in [3.63, 3.8) is 0 Å². The molecule has 11 heteroatoms. The maximum absolute atomic E-state index is 9.95. The summed E-state index contributed by atoms with van der Waals surface area (Å²) < 4.78 is 12.4. The average Bonchev–Trinajstić information content (AvgIpc) is 3.27. The first-order chi connectivity index (χ1) is 15.5. The molecule has 180 valence electrons. The first-order valence-corrected chi connectivity index (χ1v) is 11.4. The van der Waals surface area contributed by atoms with Gasteiger partial charge < -0.3 is 35.6 Å². The number of aromatic nitrogens is 4. The second kappa shape index (κ2) is 11.8. The lowest BCUT2D eigenvalue weighted by Gasteiger charge is -2.39. The summed E-state index contributed by atoms with van der Waals surface area (Å²) in [6.07, 6.45) is 2.97. The number of anilines is 1. The van der Waals surface area contributed by atoms with E-state index in [0.717, 1.165) is 62.6 Å². The predicted molar refractivity (Wildman–Crippen MR) is 116 cm³/mol. The number of fused-ring (bicyclic) bond motifs is 1. The summed E-state index contributed by atoms with van der Waals surface area (Å²) in [5, 5.41) is 42.8. The van der Waals surface area contributed by atoms with Crippen LogP contribution in [0.3, 0.4) is 0 Å². The predicted octanol–water partition coefficient (Wildman–Crippen LogP) is -0.0315. The van der Waals surface area contributed by atoms with E-state index in [1.807, 2.05) is 0 Å². The van der Waals surface area contributed by atoms with E-state index in [0.29, 0.717) is 18.2 Å². The highest BCUT2D eigenvalue weighted by molar-refractivity contribution is 5.49. The number of rotatable bonds is 12. The van der Waals surface area contributed by atoms with Gasteiger partial charge in [-0.25, -0.2) is 4.98 Å². The van der Waals surface area contributed by atoms with E-state index in [2.05, 4.69) is 22.0 Å². The van der Waals surface area contributed by atoms with Crippen LogP contribution in [0.25, 0.3) is 5.78 Å². The normalized spacial score (nSPS) is 26.1. The van der Waals surface area contributed by atoms with Crippen LogP contribution in [0.15, 0.2) is 6.33 Å². The van der Waals surface area contributed by atoms with Gasteiger partial charge in [-0.15, -0.1) is 0 Å². The average molecular weight is 454 g/mol. The third kappa shape index (κ3) is 5.72. The summed E-state index contributed by atoms with van der Waals surface area (Å²) >= 11 is 0. The number of nitrogen functional groups attached to an aromatic ring is 1. The molecule has 0 aliphatic carbocycles. The zero-order valence-electron chi connectivity index (χ0n) is 18.5. The molecule has 2 aromatic heterocycles. The van der Waals surface area contributed by atoms with Gasteiger partial charge in [-0.1, -0.05) is 32.6 Å². The number of nitrogens with zero attached hydrogens (tertiary/aromatic N) is 4. The molecule has 1 saturated heterocycles. The first kappa shape index (κ1) is 24.7. The van der Waals surface area contributed by atoms with Gasteiger partial charge in [0.1, 0.15) is 36.6 Å². The van der Waals surface area contributed by atoms with E-state index < -0.39 is 37.3 Å². The van der Waals surface area contributed by atoms with E-state index in [1.54, 1.807) is 4.52 Å². The number of unbranched alkanes of at least 4 members (excludes halogenated alkanes) is 5. The molecule has 1 aliphatic rings. The zero-order valence-corrected chi connectivity index (χ0v) is 18.5. The van der Waals surface area contributed by atoms with Gasteiger partial charge in [0, 0.05) is 12.2 Å². The lowest BCUT2D eigenvalue weighted by Crippen LogP contribution is -2.59. The van der Waals surface area contributed by atoms with Gasteiger partial charge in [-0.2, -0.15) is 14.6 Å². The molecule has 0 aromatic carbocycles. The fraction of sp³-hybridized carbons (Fsp3) is 0.762. The molecule has 0 spiro atoms. The number of aliphatic hydroxyl groups is 4. The maximum atomic E-state index is 9.95. The van der Waals surface area contributed by atoms with E-state index in [4.69, 9.17) is 15.2 Å². The molecule has 2 aromatic rings. The SMILES string of the molecule is CCc1nc2ncnn2c(N)c1CCCCCCCCO[C@@H]1O[C@H](CO)[C@@H](O)[C@H](O)[C@H]1O. The van der Waals surface area contributed by atoms with Gasteiger partial charge in [0.15, 0.2) is 6.29 Å². The largest absolute Gasteiger partial charge is 0.394 e. The van der Waals surface area contributed by atoms with Crippen LogP contribution in [-0.4, -0.2) is 83.9 Å². The second-order valence-corrected chi connectivity index (χ2v) is 8.19. The van der Waals surface area contributed by atoms with Gasteiger partial charge in [-0.05, 0) is 25.7 Å².